The molecular formula is C102H120Cl4P4Ru2+4. The topological polar surface area (TPSA) is 0 Å². The predicted molar refractivity (Wildman–Crippen MR) is 503 cm³/mol. The van der Waals surface area contributed by atoms with Gasteiger partial charge in [-0.3, -0.25) is 0 Å². The van der Waals surface area contributed by atoms with Crippen molar-refractivity contribution in [2.75, 3.05) is 0 Å². The van der Waals surface area contributed by atoms with Gasteiger partial charge in [0, 0.05) is 15.8 Å². The second-order valence-corrected chi connectivity index (χ2v) is 55.4. The van der Waals surface area contributed by atoms with Crippen LogP contribution in [-0.4, -0.2) is 42.2 Å². The molecule has 8 aliphatic carbocycles. The predicted octanol–water partition coefficient (Wildman–Crippen LogP) is 27.9. The Balaban J connectivity index is 0.000000118. The van der Waals surface area contributed by atoms with Crippen LogP contribution >= 0.6 is 70.5 Å². The monoisotopic (exact) mass is 1810 g/mol. The van der Waals surface area contributed by atoms with Gasteiger partial charge >= 0.3 is 240 Å². The number of hydrogen-bond donors (Lipinski definition) is 0. The van der Waals surface area contributed by atoms with Crippen LogP contribution < -0.4 is 31.8 Å². The standard InChI is InChI=1S/2C18H33P.2C18H15P.2C15H10.4ClH.2Ru/c4*1-4-10-16(11-5-1)19(17-12-6-2-7-13-17)18-14-8-3-9-15-18;2*1-2-6-12(7-3-1)15-11-10-13-8-4-5-9-14(13)15;;;;;;/h2*16-18H,1-15H2;2*1-15H;2*1-9,11H;4*1H;;/q;;;;;;;;;;2*+2. The van der Waals surface area contributed by atoms with E-state index in [2.05, 4.69) is 255 Å². The maximum atomic E-state index is 6.19. The SMILES string of the molecule is C1CCC([PH+](C2CCCCC2)C2CCCCC2)CC1.C1CCC([PH+](C2CCCCC2)C2CCCCC2)CC1.[Cl][Ru]([Cl])=[C]1C=C(c2ccccc2)c2ccccc21.[Cl][Ru]([Cl])=[C]1C=C(c2ccccc2)c2ccccc21.c1ccc([PH+](c2ccccc2)c2ccccc2)cc1.c1ccc([PH+](c2ccccc2)c2ccccc2)cc1. The van der Waals surface area contributed by atoms with Crippen LogP contribution in [0.3, 0.4) is 0 Å². The summed E-state index contributed by atoms with van der Waals surface area (Å²) in [6.07, 6.45) is 51.9. The molecule has 0 nitrogen and oxygen atoms in total. The normalized spacial score (nSPS) is 18.0. The average molecular weight is 1810 g/mol. The molecule has 0 heterocycles. The zero-order valence-electron chi connectivity index (χ0n) is 65.8. The molecule has 18 rings (SSSR count). The van der Waals surface area contributed by atoms with Crippen LogP contribution in [0, 0.1) is 0 Å². The van der Waals surface area contributed by atoms with Gasteiger partial charge in [-0.1, -0.05) is 148 Å². The minimum Gasteiger partial charge on any atom is -0.0620 e. The van der Waals surface area contributed by atoms with E-state index in [1.807, 2.05) is 48.5 Å². The zero-order valence-corrected chi connectivity index (χ0v) is 76.3. The van der Waals surface area contributed by atoms with Crippen LogP contribution in [0.2, 0.25) is 0 Å². The van der Waals surface area contributed by atoms with Gasteiger partial charge in [0.15, 0.2) is 0 Å². The molecule has 10 heteroatoms. The summed E-state index contributed by atoms with van der Waals surface area (Å²) in [6.45, 7) is 0. The van der Waals surface area contributed by atoms with Crippen molar-refractivity contribution in [1.82, 2.24) is 0 Å². The molecule has 0 atom stereocenters. The van der Waals surface area contributed by atoms with Crippen molar-refractivity contribution in [3.05, 3.63) is 337 Å². The molecule has 0 N–H and O–H groups in total. The fourth-order valence-corrected chi connectivity index (χ4v) is 40.1. The van der Waals surface area contributed by atoms with Gasteiger partial charge in [0.05, 0.1) is 49.8 Å². The average Bonchev–Trinajstić information content (AvgIpc) is 1.66. The van der Waals surface area contributed by atoms with Gasteiger partial charge in [-0.2, -0.15) is 0 Å². The number of rotatable bonds is 14. The molecule has 0 bridgehead atoms. The molecular weight excluding hydrogens is 1690 g/mol. The van der Waals surface area contributed by atoms with E-state index in [4.69, 9.17) is 38.8 Å². The number of fused-ring (bicyclic) bond motifs is 2. The van der Waals surface area contributed by atoms with Crippen LogP contribution in [0.1, 0.15) is 226 Å². The van der Waals surface area contributed by atoms with Gasteiger partial charge in [-0.25, -0.2) is 0 Å². The second kappa shape index (κ2) is 46.6. The third kappa shape index (κ3) is 24.4. The molecule has 0 saturated heterocycles. The Bertz CT molecular complexity index is 3940. The van der Waals surface area contributed by atoms with Crippen LogP contribution in [0.25, 0.3) is 11.1 Å². The first-order chi connectivity index (χ1) is 55.3. The quantitative estimate of drug-likeness (QED) is 0.0752. The molecule has 0 aromatic heterocycles. The molecule has 0 unspecified atom stereocenters. The molecule has 8 aliphatic rings. The first-order valence-corrected chi connectivity index (χ1v) is 59.8. The summed E-state index contributed by atoms with van der Waals surface area (Å²) in [7, 11) is 22.9. The van der Waals surface area contributed by atoms with Gasteiger partial charge in [0.1, 0.15) is 31.8 Å². The van der Waals surface area contributed by atoms with Crippen LogP contribution in [-0.2, 0) is 27.0 Å². The number of benzene rings is 10. The summed E-state index contributed by atoms with van der Waals surface area (Å²) in [6, 6.07) is 102. The van der Waals surface area contributed by atoms with E-state index in [1.54, 1.807) is 193 Å². The Morgan fingerprint density at radius 1 is 0.196 bits per heavy atom. The van der Waals surface area contributed by atoms with Crippen LogP contribution in [0.5, 0.6) is 0 Å². The molecule has 10 aromatic rings. The maximum absolute atomic E-state index is 6.19. The second-order valence-electron chi connectivity index (χ2n) is 31.9. The van der Waals surface area contributed by atoms with E-state index in [1.165, 1.54) is 110 Å². The van der Waals surface area contributed by atoms with Gasteiger partial charge in [0.25, 0.3) is 0 Å². The van der Waals surface area contributed by atoms with E-state index < -0.39 is 42.9 Å². The fraction of sp³-hybridized carbons (Fsp3) is 0.353. The van der Waals surface area contributed by atoms with Crippen LogP contribution in [0.4, 0.5) is 0 Å². The molecule has 0 amide bonds. The molecule has 6 fully saturated rings. The van der Waals surface area contributed by atoms with Crippen molar-refractivity contribution >= 4 is 122 Å². The van der Waals surface area contributed by atoms with E-state index in [0.717, 1.165) is 8.21 Å². The van der Waals surface area contributed by atoms with Gasteiger partial charge < -0.3 is 0 Å². The van der Waals surface area contributed by atoms with Crippen LogP contribution in [0.15, 0.2) is 303 Å². The van der Waals surface area contributed by atoms with Crippen molar-refractivity contribution in [3.8, 4) is 0 Å². The van der Waals surface area contributed by atoms with E-state index in [9.17, 15) is 0 Å². The first kappa shape index (κ1) is 85.4. The third-order valence-corrected chi connectivity index (χ3v) is 45.6. The van der Waals surface area contributed by atoms with Crippen molar-refractivity contribution in [3.63, 3.8) is 0 Å². The summed E-state index contributed by atoms with van der Waals surface area (Å²) in [5.41, 5.74) is 17.1. The smallest absolute Gasteiger partial charge is 0.0620 e. The Kier molecular flexibility index (Phi) is 35.6. The summed E-state index contributed by atoms with van der Waals surface area (Å²) < 4.78 is 2.25. The van der Waals surface area contributed by atoms with Crippen molar-refractivity contribution in [1.29, 1.82) is 0 Å². The van der Waals surface area contributed by atoms with Gasteiger partial charge in [-0.05, 0) is 227 Å². The molecule has 6 saturated carbocycles. The summed E-state index contributed by atoms with van der Waals surface area (Å²) in [5.74, 6) is 0. The molecule has 112 heavy (non-hydrogen) atoms. The number of halogens is 4. The maximum Gasteiger partial charge on any atom is 0.102 e. The Morgan fingerprint density at radius 2 is 0.366 bits per heavy atom. The van der Waals surface area contributed by atoms with E-state index in [-0.39, 0.29) is 15.8 Å². The Labute approximate surface area is 705 Å². The minimum absolute atomic E-state index is 0.0465. The Morgan fingerprint density at radius 3 is 0.554 bits per heavy atom. The fourth-order valence-electron chi connectivity index (χ4n) is 19.6. The minimum atomic E-state index is -1.88. The molecule has 0 aliphatic heterocycles. The summed E-state index contributed by atoms with van der Waals surface area (Å²) in [4.78, 5) is 0. The number of allylic oxidation sites excluding steroid dienone is 2. The molecule has 0 spiro atoms. The third-order valence-electron chi connectivity index (χ3n) is 24.8. The molecule has 0 radical (unpaired) electrons. The zero-order chi connectivity index (χ0) is 76.7. The van der Waals surface area contributed by atoms with E-state index >= 15 is 0 Å². The number of hydrogen-bond acceptors (Lipinski definition) is 0. The summed E-state index contributed by atoms with van der Waals surface area (Å²) >= 11 is -3.76. The largest absolute Gasteiger partial charge is 0.102 e. The van der Waals surface area contributed by atoms with Gasteiger partial charge in [0.2, 0.25) is 0 Å². The van der Waals surface area contributed by atoms with Crippen molar-refractivity contribution in [2.45, 2.75) is 227 Å². The van der Waals surface area contributed by atoms with Gasteiger partial charge in [-0.15, -0.1) is 0 Å². The summed E-state index contributed by atoms with van der Waals surface area (Å²) in [5, 5.41) is 8.61. The Hall–Kier alpha value is -4.45. The first-order valence-electron chi connectivity index (χ1n) is 42.6. The molecule has 10 aromatic carbocycles. The van der Waals surface area contributed by atoms with E-state index in [0.29, 0.717) is 0 Å². The molecule has 588 valence electrons. The van der Waals surface area contributed by atoms with Crippen molar-refractivity contribution in [2.24, 2.45) is 0 Å². The van der Waals surface area contributed by atoms with Crippen molar-refractivity contribution < 1.29 is 27.0 Å².